The number of allylic oxidation sites excluding steroid dienone is 1. The first kappa shape index (κ1) is 21.4. The fraction of sp³-hybridized carbons (Fsp3) is 0.120. The number of para-hydroxylation sites is 1. The highest BCUT2D eigenvalue weighted by molar-refractivity contribution is 7.99. The molecule has 2 aromatic carbocycles. The third kappa shape index (κ3) is 3.92. The number of aromatic nitrogens is 4. The Kier molecular flexibility index (Phi) is 5.70. The van der Waals surface area contributed by atoms with E-state index in [1.165, 1.54) is 23.1 Å². The Hall–Kier alpha value is -3.49. The van der Waals surface area contributed by atoms with E-state index >= 15 is 0 Å². The molecular formula is C25H20N4O2S2. The molecule has 0 saturated carbocycles. The number of nitrogens with zero attached hydrogens (tertiary/aromatic N) is 3. The molecule has 8 heteroatoms. The molecule has 1 atom stereocenters. The van der Waals surface area contributed by atoms with Crippen LogP contribution in [0.2, 0.25) is 0 Å². The summed E-state index contributed by atoms with van der Waals surface area (Å²) in [5.41, 5.74) is 2.23. The Morgan fingerprint density at radius 1 is 1.12 bits per heavy atom. The maximum Gasteiger partial charge on any atom is 0.263 e. The van der Waals surface area contributed by atoms with E-state index in [9.17, 15) is 9.59 Å². The lowest BCUT2D eigenvalue weighted by Crippen LogP contribution is -2.23. The number of benzene rings is 2. The summed E-state index contributed by atoms with van der Waals surface area (Å²) in [6, 6.07) is 17.1. The Morgan fingerprint density at radius 2 is 1.88 bits per heavy atom. The second-order valence-electron chi connectivity index (χ2n) is 7.52. The van der Waals surface area contributed by atoms with E-state index in [1.807, 2.05) is 60.8 Å². The Bertz CT molecular complexity index is 1600. The van der Waals surface area contributed by atoms with Gasteiger partial charge in [0.15, 0.2) is 5.16 Å². The highest BCUT2D eigenvalue weighted by Crippen LogP contribution is 2.35. The number of rotatable bonds is 6. The van der Waals surface area contributed by atoms with Gasteiger partial charge in [-0.25, -0.2) is 9.97 Å². The highest BCUT2D eigenvalue weighted by Gasteiger charge is 2.20. The Morgan fingerprint density at radius 3 is 2.67 bits per heavy atom. The molecule has 0 fully saturated rings. The molecule has 0 amide bonds. The minimum Gasteiger partial charge on any atom is -0.309 e. The monoisotopic (exact) mass is 472 g/mol. The molecule has 3 aromatic heterocycles. The van der Waals surface area contributed by atoms with Crippen LogP contribution in [-0.4, -0.2) is 19.5 Å². The summed E-state index contributed by atoms with van der Waals surface area (Å²) in [5.74, 6) is 0.541. The van der Waals surface area contributed by atoms with Crippen molar-refractivity contribution in [1.82, 2.24) is 19.5 Å². The predicted octanol–water partition coefficient (Wildman–Crippen LogP) is 5.40. The van der Waals surface area contributed by atoms with Crippen LogP contribution in [-0.2, 0) is 6.54 Å². The van der Waals surface area contributed by atoms with Crippen LogP contribution in [0, 0.1) is 0 Å². The lowest BCUT2D eigenvalue weighted by atomic mass is 10.1. The minimum absolute atomic E-state index is 0.102. The van der Waals surface area contributed by atoms with E-state index in [0.717, 1.165) is 11.1 Å². The van der Waals surface area contributed by atoms with Crippen molar-refractivity contribution in [3.05, 3.63) is 99.2 Å². The SMILES string of the molecule is C=CCn1c(SC(C)c2nc3ccccc3c(=O)[nH]2)nc2scc(-c3ccccc3)c2c1=O. The standard InChI is InChI=1S/C25H20N4O2S2/c1-3-13-29-24(31)20-18(16-9-5-4-6-10-16)14-32-23(20)28-25(29)33-15(2)21-26-19-12-8-7-11-17(19)22(30)27-21/h3-12,14-15H,1,13H2,2H3,(H,26,27,30). The van der Waals surface area contributed by atoms with Gasteiger partial charge in [-0.1, -0.05) is 60.3 Å². The summed E-state index contributed by atoms with van der Waals surface area (Å²) in [4.78, 5) is 39.1. The third-order valence-corrected chi connectivity index (χ3v) is 7.33. The van der Waals surface area contributed by atoms with E-state index < -0.39 is 0 Å². The van der Waals surface area contributed by atoms with Crippen LogP contribution in [0.25, 0.3) is 32.2 Å². The molecular weight excluding hydrogens is 452 g/mol. The van der Waals surface area contributed by atoms with Gasteiger partial charge < -0.3 is 4.98 Å². The van der Waals surface area contributed by atoms with Gasteiger partial charge >= 0.3 is 0 Å². The smallest absolute Gasteiger partial charge is 0.263 e. The molecule has 5 rings (SSSR count). The maximum atomic E-state index is 13.5. The number of aromatic amines is 1. The first-order valence-corrected chi connectivity index (χ1v) is 12.2. The number of fused-ring (bicyclic) bond motifs is 2. The van der Waals surface area contributed by atoms with Crippen molar-refractivity contribution in [3.8, 4) is 11.1 Å². The van der Waals surface area contributed by atoms with Crippen molar-refractivity contribution in [2.45, 2.75) is 23.9 Å². The predicted molar refractivity (Wildman–Crippen MR) is 136 cm³/mol. The van der Waals surface area contributed by atoms with Crippen LogP contribution in [0.4, 0.5) is 0 Å². The van der Waals surface area contributed by atoms with E-state index in [-0.39, 0.29) is 16.4 Å². The second kappa shape index (κ2) is 8.80. The molecule has 0 spiro atoms. The summed E-state index contributed by atoms with van der Waals surface area (Å²) in [6.07, 6.45) is 1.69. The van der Waals surface area contributed by atoms with Gasteiger partial charge in [-0.15, -0.1) is 17.9 Å². The number of hydrogen-bond donors (Lipinski definition) is 1. The summed E-state index contributed by atoms with van der Waals surface area (Å²) in [6.45, 7) is 6.09. The van der Waals surface area contributed by atoms with Crippen LogP contribution in [0.5, 0.6) is 0 Å². The first-order chi connectivity index (χ1) is 16.1. The van der Waals surface area contributed by atoms with Crippen molar-refractivity contribution in [1.29, 1.82) is 0 Å². The van der Waals surface area contributed by atoms with Crippen LogP contribution >= 0.6 is 23.1 Å². The molecule has 6 nitrogen and oxygen atoms in total. The maximum absolute atomic E-state index is 13.5. The van der Waals surface area contributed by atoms with Gasteiger partial charge in [-0.2, -0.15) is 0 Å². The zero-order chi connectivity index (χ0) is 22.9. The molecule has 33 heavy (non-hydrogen) atoms. The van der Waals surface area contributed by atoms with Crippen molar-refractivity contribution in [2.24, 2.45) is 0 Å². The molecule has 3 heterocycles. The highest BCUT2D eigenvalue weighted by atomic mass is 32.2. The fourth-order valence-corrected chi connectivity index (χ4v) is 5.69. The van der Waals surface area contributed by atoms with E-state index in [4.69, 9.17) is 4.98 Å². The third-order valence-electron chi connectivity index (χ3n) is 5.35. The average Bonchev–Trinajstić information content (AvgIpc) is 3.26. The topological polar surface area (TPSA) is 80.6 Å². The molecule has 0 aliphatic rings. The van der Waals surface area contributed by atoms with Crippen LogP contribution in [0.15, 0.2) is 87.4 Å². The lowest BCUT2D eigenvalue weighted by Gasteiger charge is -2.15. The number of thioether (sulfide) groups is 1. The van der Waals surface area contributed by atoms with Crippen molar-refractivity contribution < 1.29 is 0 Å². The molecule has 1 N–H and O–H groups in total. The molecule has 0 saturated heterocycles. The van der Waals surface area contributed by atoms with Crippen molar-refractivity contribution in [3.63, 3.8) is 0 Å². The second-order valence-corrected chi connectivity index (χ2v) is 9.69. The molecule has 0 aliphatic heterocycles. The van der Waals surface area contributed by atoms with Gasteiger partial charge in [0.1, 0.15) is 10.7 Å². The van der Waals surface area contributed by atoms with Gasteiger partial charge in [0.2, 0.25) is 0 Å². The van der Waals surface area contributed by atoms with Gasteiger partial charge in [-0.3, -0.25) is 14.2 Å². The number of H-pyrrole nitrogens is 1. The Balaban J connectivity index is 1.59. The summed E-state index contributed by atoms with van der Waals surface area (Å²) < 4.78 is 1.63. The zero-order valence-corrected chi connectivity index (χ0v) is 19.5. The summed E-state index contributed by atoms with van der Waals surface area (Å²) in [7, 11) is 0. The molecule has 0 aliphatic carbocycles. The fourth-order valence-electron chi connectivity index (χ4n) is 3.73. The van der Waals surface area contributed by atoms with E-state index in [2.05, 4.69) is 16.5 Å². The summed E-state index contributed by atoms with van der Waals surface area (Å²) >= 11 is 2.85. The summed E-state index contributed by atoms with van der Waals surface area (Å²) in [5, 5.41) is 3.48. The molecule has 5 aromatic rings. The van der Waals surface area contributed by atoms with Crippen LogP contribution in [0.3, 0.4) is 0 Å². The van der Waals surface area contributed by atoms with Crippen LogP contribution < -0.4 is 11.1 Å². The average molecular weight is 473 g/mol. The lowest BCUT2D eigenvalue weighted by molar-refractivity contribution is 0.670. The van der Waals surface area contributed by atoms with Gasteiger partial charge in [0.25, 0.3) is 11.1 Å². The normalized spacial score (nSPS) is 12.3. The van der Waals surface area contributed by atoms with Crippen LogP contribution in [0.1, 0.15) is 18.0 Å². The number of thiophene rings is 1. The van der Waals surface area contributed by atoms with Gasteiger partial charge in [0, 0.05) is 17.5 Å². The quantitative estimate of drug-likeness (QED) is 0.203. The molecule has 0 bridgehead atoms. The Labute approximate surface area is 197 Å². The van der Waals surface area contributed by atoms with Gasteiger partial charge in [-0.05, 0) is 24.6 Å². The first-order valence-electron chi connectivity index (χ1n) is 10.4. The number of nitrogens with one attached hydrogen (secondary N) is 1. The largest absolute Gasteiger partial charge is 0.309 e. The van der Waals surface area contributed by atoms with E-state index in [0.29, 0.717) is 38.6 Å². The van der Waals surface area contributed by atoms with Crippen molar-refractivity contribution >= 4 is 44.2 Å². The van der Waals surface area contributed by atoms with Gasteiger partial charge in [0.05, 0.1) is 21.5 Å². The molecule has 164 valence electrons. The molecule has 0 radical (unpaired) electrons. The number of hydrogen-bond acceptors (Lipinski definition) is 6. The van der Waals surface area contributed by atoms with E-state index in [1.54, 1.807) is 16.7 Å². The minimum atomic E-state index is -0.226. The van der Waals surface area contributed by atoms with Crippen molar-refractivity contribution in [2.75, 3.05) is 0 Å². The zero-order valence-electron chi connectivity index (χ0n) is 17.8. The molecule has 1 unspecified atom stereocenters.